The number of hydrogen-bond acceptors (Lipinski definition) is 13. The topological polar surface area (TPSA) is 215 Å². The van der Waals surface area contributed by atoms with Gasteiger partial charge in [-0.1, -0.05) is 56.3 Å². The second-order valence-corrected chi connectivity index (χ2v) is 15.9. The Labute approximate surface area is 314 Å². The molecule has 4 aliphatic rings. The second kappa shape index (κ2) is 15.7. The molecule has 2 fully saturated rings. The molecule has 2 aliphatic carbocycles. The van der Waals surface area contributed by atoms with Gasteiger partial charge in [-0.3, -0.25) is 19.2 Å². The van der Waals surface area contributed by atoms with Crippen LogP contribution in [0, 0.1) is 10.8 Å². The van der Waals surface area contributed by atoms with Gasteiger partial charge in [0.05, 0.1) is 24.2 Å². The third kappa shape index (κ3) is 7.63. The van der Waals surface area contributed by atoms with Crippen molar-refractivity contribution in [1.29, 1.82) is 0 Å². The molecule has 1 saturated carbocycles. The van der Waals surface area contributed by atoms with Crippen molar-refractivity contribution in [1.82, 2.24) is 5.32 Å². The summed E-state index contributed by atoms with van der Waals surface area (Å²) in [7, 11) is 0. The Morgan fingerprint density at radius 1 is 1.00 bits per heavy atom. The number of ketones is 1. The minimum atomic E-state index is -2.07. The molecular formula is C40H53NO13. The molecule has 296 valence electrons. The fourth-order valence-corrected chi connectivity index (χ4v) is 8.70. The number of Topliss-reactive ketones (excluding diaryl/α,β-unsaturated/α-hetero) is 1. The van der Waals surface area contributed by atoms with Crippen LogP contribution in [0.4, 0.5) is 0 Å². The number of esters is 3. The van der Waals surface area contributed by atoms with E-state index in [4.69, 9.17) is 18.9 Å². The highest BCUT2D eigenvalue weighted by Gasteiger charge is 2.65. The highest BCUT2D eigenvalue weighted by molar-refractivity contribution is 5.92. The Morgan fingerprint density at radius 2 is 1.65 bits per heavy atom. The van der Waals surface area contributed by atoms with Crippen molar-refractivity contribution < 1.29 is 63.3 Å². The molecule has 10 atom stereocenters. The lowest BCUT2D eigenvalue weighted by atomic mass is 9.55. The molecule has 1 amide bonds. The Kier molecular flexibility index (Phi) is 12.0. The molecule has 14 nitrogen and oxygen atoms in total. The maximum Gasteiger partial charge on any atom is 0.338 e. The van der Waals surface area contributed by atoms with Gasteiger partial charge in [0.25, 0.3) is 0 Å². The van der Waals surface area contributed by atoms with E-state index in [-0.39, 0.29) is 49.9 Å². The number of aliphatic hydroxyl groups is 4. The molecule has 1 aromatic rings. The first-order chi connectivity index (χ1) is 25.3. The number of cyclic esters (lactones) is 1. The molecule has 2 heterocycles. The maximum absolute atomic E-state index is 14.6. The van der Waals surface area contributed by atoms with E-state index in [0.717, 1.165) is 0 Å². The zero-order chi connectivity index (χ0) is 39.8. The summed E-state index contributed by atoms with van der Waals surface area (Å²) in [6.07, 6.45) is -4.97. The third-order valence-corrected chi connectivity index (χ3v) is 12.0. The molecule has 2 aliphatic heterocycles. The molecule has 1 saturated heterocycles. The van der Waals surface area contributed by atoms with Crippen LogP contribution in [0.3, 0.4) is 0 Å². The number of nitrogens with one attached hydrogen (secondary N) is 1. The van der Waals surface area contributed by atoms with Crippen LogP contribution in [0.5, 0.6) is 0 Å². The number of ether oxygens (including phenoxy) is 4. The molecule has 2 bridgehead atoms. The van der Waals surface area contributed by atoms with Gasteiger partial charge in [-0.25, -0.2) is 4.79 Å². The molecule has 14 heteroatoms. The maximum atomic E-state index is 14.6. The summed E-state index contributed by atoms with van der Waals surface area (Å²) in [5.41, 5.74) is -5.86. The summed E-state index contributed by atoms with van der Waals surface area (Å²) >= 11 is 0. The van der Waals surface area contributed by atoms with E-state index in [2.05, 4.69) is 5.32 Å². The van der Waals surface area contributed by atoms with Crippen molar-refractivity contribution in [2.75, 3.05) is 6.61 Å². The van der Waals surface area contributed by atoms with E-state index in [1.54, 1.807) is 56.3 Å². The number of allylic oxidation sites excluding steroid dienone is 2. The summed E-state index contributed by atoms with van der Waals surface area (Å²) in [4.78, 5) is 66.5. The number of carbonyl (C=O) groups is 5. The van der Waals surface area contributed by atoms with Crippen molar-refractivity contribution >= 4 is 29.6 Å². The van der Waals surface area contributed by atoms with Crippen LogP contribution < -0.4 is 5.32 Å². The second-order valence-electron chi connectivity index (χ2n) is 15.9. The standard InChI is InChI=1S/C40H53NO13/c1-22-26-19-40(50,37(4,5)31(22)33(46)35(48)38(6)20-39(54-24(3)42)21-51-28(39)18-27(38)43)23(2)52-30(45)17-13-8-7-12-16-29(44)41-32(34(47)36(49)53-26)25-14-10-9-11-15-25/h7-11,14-15,23,26-28,32-34,43,46-47,50H,12-13,16-21H2,1-6H3,(H,41,44)/b8-7+/t23?,26?,27-,28+,32-,33+,34+,38-,39-,40+/m0/s1. The van der Waals surface area contributed by atoms with Gasteiger partial charge in [0.1, 0.15) is 30.0 Å². The van der Waals surface area contributed by atoms with Gasteiger partial charge in [-0.2, -0.15) is 0 Å². The van der Waals surface area contributed by atoms with Crippen LogP contribution >= 0.6 is 0 Å². The van der Waals surface area contributed by atoms with Gasteiger partial charge < -0.3 is 44.7 Å². The van der Waals surface area contributed by atoms with Gasteiger partial charge in [-0.05, 0) is 50.3 Å². The SMILES string of the molecule is CC(=O)O[C@@]12CO[C@@H]1C[C@H](O)[C@@](C)(C(=O)[C@H](O)C1=C(C)C3C[C@@](O)(C(C)OC(=O)CC/C=C/CCC(=O)N[C@@H](c4ccccc4)[C@@H](O)C(=O)O3)C1(C)C)C2. The Hall–Kier alpha value is -3.95. The van der Waals surface area contributed by atoms with Gasteiger partial charge in [-0.15, -0.1) is 0 Å². The molecule has 0 spiro atoms. The van der Waals surface area contributed by atoms with Crippen LogP contribution in [-0.2, 0) is 42.9 Å². The Balaban J connectivity index is 1.57. The number of amides is 1. The minimum absolute atomic E-state index is 0.000639. The fraction of sp³-hybridized carbons (Fsp3) is 0.625. The normalized spacial score (nSPS) is 37.5. The first-order valence-corrected chi connectivity index (χ1v) is 18.5. The molecule has 2 unspecified atom stereocenters. The molecule has 1 aromatic carbocycles. The highest BCUT2D eigenvalue weighted by atomic mass is 16.6. The zero-order valence-electron chi connectivity index (χ0n) is 31.7. The predicted molar refractivity (Wildman–Crippen MR) is 191 cm³/mol. The average molecular weight is 756 g/mol. The largest absolute Gasteiger partial charge is 0.460 e. The minimum Gasteiger partial charge on any atom is -0.460 e. The smallest absolute Gasteiger partial charge is 0.338 e. The molecule has 5 rings (SSSR count). The molecule has 5 N–H and O–H groups in total. The van der Waals surface area contributed by atoms with E-state index in [0.29, 0.717) is 18.4 Å². The summed E-state index contributed by atoms with van der Waals surface area (Å²) in [6, 6.07) is 7.19. The molecule has 0 aromatic heterocycles. The van der Waals surface area contributed by atoms with Crippen LogP contribution in [0.1, 0.15) is 98.1 Å². The van der Waals surface area contributed by atoms with Crippen LogP contribution in [-0.4, -0.2) is 104 Å². The fourth-order valence-electron chi connectivity index (χ4n) is 8.70. The van der Waals surface area contributed by atoms with Crippen molar-refractivity contribution in [3.8, 4) is 0 Å². The predicted octanol–water partition coefficient (Wildman–Crippen LogP) is 2.45. The van der Waals surface area contributed by atoms with Crippen molar-refractivity contribution in [3.63, 3.8) is 0 Å². The van der Waals surface area contributed by atoms with Crippen LogP contribution in [0.15, 0.2) is 53.6 Å². The summed E-state index contributed by atoms with van der Waals surface area (Å²) in [6.45, 7) is 8.85. The van der Waals surface area contributed by atoms with Gasteiger partial charge in [0.15, 0.2) is 17.5 Å². The summed E-state index contributed by atoms with van der Waals surface area (Å²) in [5.74, 6) is -3.67. The number of carbonyl (C=O) groups excluding carboxylic acids is 5. The average Bonchev–Trinajstić information content (AvgIpc) is 3.10. The number of benzene rings is 1. The Morgan fingerprint density at radius 3 is 2.26 bits per heavy atom. The lowest BCUT2D eigenvalue weighted by Gasteiger charge is -2.57. The molecular weight excluding hydrogens is 702 g/mol. The quantitative estimate of drug-likeness (QED) is 0.166. The van der Waals surface area contributed by atoms with Crippen molar-refractivity contribution in [2.24, 2.45) is 10.8 Å². The lowest BCUT2D eigenvalue weighted by molar-refractivity contribution is -0.291. The van der Waals surface area contributed by atoms with E-state index in [1.165, 1.54) is 27.7 Å². The van der Waals surface area contributed by atoms with Gasteiger partial charge in [0.2, 0.25) is 5.91 Å². The molecule has 0 radical (unpaired) electrons. The number of rotatable bonds is 5. The zero-order valence-corrected chi connectivity index (χ0v) is 31.7. The van der Waals surface area contributed by atoms with Crippen molar-refractivity contribution in [3.05, 3.63) is 59.2 Å². The number of hydrogen-bond donors (Lipinski definition) is 5. The monoisotopic (exact) mass is 755 g/mol. The van der Waals surface area contributed by atoms with E-state index < -0.39 is 94.3 Å². The van der Waals surface area contributed by atoms with Crippen molar-refractivity contribution in [2.45, 2.75) is 140 Å². The summed E-state index contributed by atoms with van der Waals surface area (Å²) < 4.78 is 22.9. The first kappa shape index (κ1) is 41.2. The molecule has 54 heavy (non-hydrogen) atoms. The number of aliphatic hydroxyl groups excluding tert-OH is 3. The summed E-state index contributed by atoms with van der Waals surface area (Å²) in [5, 5.41) is 50.3. The first-order valence-electron chi connectivity index (χ1n) is 18.5. The van der Waals surface area contributed by atoms with Crippen LogP contribution in [0.25, 0.3) is 0 Å². The van der Waals surface area contributed by atoms with Gasteiger partial charge in [0, 0.05) is 44.4 Å². The number of fused-ring (bicyclic) bond motifs is 3. The van der Waals surface area contributed by atoms with E-state index in [9.17, 15) is 44.4 Å². The van der Waals surface area contributed by atoms with Gasteiger partial charge >= 0.3 is 17.9 Å². The van der Waals surface area contributed by atoms with Crippen LogP contribution in [0.2, 0.25) is 0 Å². The van der Waals surface area contributed by atoms with E-state index >= 15 is 0 Å². The lowest BCUT2D eigenvalue weighted by Crippen LogP contribution is -2.70. The van der Waals surface area contributed by atoms with E-state index in [1.807, 2.05) is 0 Å². The highest BCUT2D eigenvalue weighted by Crippen LogP contribution is 2.55. The third-order valence-electron chi connectivity index (χ3n) is 12.0. The Bertz CT molecular complexity index is 1690.